The standard InChI is InChI=1S/C19H25N5O4/c1-26-16-8-12(9-17(27-2)18(16)28-3)22-19(25)23-13-4-5-14(23)11-15(10-13)24-20-6-7-21-24/h6-9,13-15H,4-5,10-11H2,1-3H3,(H,22,25). The number of carbonyl (C=O) groups excluding carboxylic acids is 1. The zero-order valence-corrected chi connectivity index (χ0v) is 16.3. The first-order valence-corrected chi connectivity index (χ1v) is 9.39. The molecule has 9 nitrogen and oxygen atoms in total. The highest BCUT2D eigenvalue weighted by molar-refractivity contribution is 5.91. The summed E-state index contributed by atoms with van der Waals surface area (Å²) in [7, 11) is 4.66. The molecule has 2 aliphatic rings. The van der Waals surface area contributed by atoms with Crippen LogP contribution in [0.2, 0.25) is 0 Å². The molecule has 9 heteroatoms. The third kappa shape index (κ3) is 3.21. The second-order valence-electron chi connectivity index (χ2n) is 7.11. The minimum Gasteiger partial charge on any atom is -0.493 e. The van der Waals surface area contributed by atoms with Crippen LogP contribution in [-0.2, 0) is 0 Å². The van der Waals surface area contributed by atoms with Gasteiger partial charge in [0.15, 0.2) is 11.5 Å². The van der Waals surface area contributed by atoms with Crippen molar-refractivity contribution in [1.29, 1.82) is 0 Å². The fraction of sp³-hybridized carbons (Fsp3) is 0.526. The average Bonchev–Trinajstić information content (AvgIpc) is 3.33. The molecule has 2 aliphatic heterocycles. The minimum absolute atomic E-state index is 0.103. The van der Waals surface area contributed by atoms with Crippen LogP contribution in [-0.4, -0.2) is 59.3 Å². The van der Waals surface area contributed by atoms with Gasteiger partial charge in [-0.05, 0) is 25.7 Å². The Balaban J connectivity index is 1.50. The quantitative estimate of drug-likeness (QED) is 0.848. The molecule has 2 saturated heterocycles. The van der Waals surface area contributed by atoms with Gasteiger partial charge in [0.05, 0.1) is 45.5 Å². The number of hydrogen-bond acceptors (Lipinski definition) is 6. The van der Waals surface area contributed by atoms with Crippen LogP contribution in [0.15, 0.2) is 24.5 Å². The largest absolute Gasteiger partial charge is 0.493 e. The molecule has 28 heavy (non-hydrogen) atoms. The van der Waals surface area contributed by atoms with Crippen molar-refractivity contribution in [2.45, 2.75) is 43.8 Å². The van der Waals surface area contributed by atoms with Gasteiger partial charge in [-0.2, -0.15) is 15.0 Å². The Morgan fingerprint density at radius 1 is 0.964 bits per heavy atom. The number of nitrogens with one attached hydrogen (secondary N) is 1. The summed E-state index contributed by atoms with van der Waals surface area (Å²) in [5, 5.41) is 11.5. The number of methoxy groups -OCH3 is 3. The van der Waals surface area contributed by atoms with Crippen LogP contribution in [0.1, 0.15) is 31.7 Å². The van der Waals surface area contributed by atoms with Crippen LogP contribution in [0.3, 0.4) is 0 Å². The number of amides is 2. The van der Waals surface area contributed by atoms with Crippen LogP contribution in [0.4, 0.5) is 10.5 Å². The van der Waals surface area contributed by atoms with Gasteiger partial charge in [-0.25, -0.2) is 4.79 Å². The molecule has 0 spiro atoms. The van der Waals surface area contributed by atoms with E-state index in [-0.39, 0.29) is 24.2 Å². The van der Waals surface area contributed by atoms with Crippen molar-refractivity contribution < 1.29 is 19.0 Å². The maximum atomic E-state index is 13.0. The van der Waals surface area contributed by atoms with E-state index in [1.54, 1.807) is 50.7 Å². The molecular weight excluding hydrogens is 362 g/mol. The number of fused-ring (bicyclic) bond motifs is 2. The van der Waals surface area contributed by atoms with Crippen molar-refractivity contribution in [3.63, 3.8) is 0 Å². The molecule has 2 aromatic rings. The van der Waals surface area contributed by atoms with Crippen LogP contribution < -0.4 is 19.5 Å². The third-order valence-electron chi connectivity index (χ3n) is 5.62. The van der Waals surface area contributed by atoms with E-state index < -0.39 is 0 Å². The summed E-state index contributed by atoms with van der Waals surface area (Å²) in [5.74, 6) is 1.50. The van der Waals surface area contributed by atoms with Gasteiger partial charge >= 0.3 is 6.03 Å². The SMILES string of the molecule is COc1cc(NC(=O)N2C3CCC2CC(n2nccn2)C3)cc(OC)c1OC. The fourth-order valence-electron chi connectivity index (χ4n) is 4.42. The normalized spacial score (nSPS) is 23.4. The van der Waals surface area contributed by atoms with Crippen LogP contribution >= 0.6 is 0 Å². The lowest BCUT2D eigenvalue weighted by Crippen LogP contribution is -2.49. The predicted octanol–water partition coefficient (Wildman–Crippen LogP) is 2.70. The number of benzene rings is 1. The Kier molecular flexibility index (Phi) is 4.97. The summed E-state index contributed by atoms with van der Waals surface area (Å²) in [6.07, 6.45) is 7.15. The molecule has 1 aromatic carbocycles. The van der Waals surface area contributed by atoms with Gasteiger partial charge in [0.25, 0.3) is 0 Å². The summed E-state index contributed by atoms with van der Waals surface area (Å²) >= 11 is 0. The maximum Gasteiger partial charge on any atom is 0.322 e. The van der Waals surface area contributed by atoms with E-state index in [1.807, 2.05) is 4.90 Å². The summed E-state index contributed by atoms with van der Waals surface area (Å²) in [4.78, 5) is 16.8. The molecule has 1 aromatic heterocycles. The summed E-state index contributed by atoms with van der Waals surface area (Å²) < 4.78 is 16.1. The number of aromatic nitrogens is 3. The molecule has 2 amide bonds. The smallest absolute Gasteiger partial charge is 0.322 e. The predicted molar refractivity (Wildman–Crippen MR) is 102 cm³/mol. The Labute approximate surface area is 163 Å². The number of hydrogen-bond donors (Lipinski definition) is 1. The molecule has 2 atom stereocenters. The van der Waals surface area contributed by atoms with Gasteiger partial charge in [-0.15, -0.1) is 0 Å². The Bertz CT molecular complexity index is 802. The van der Waals surface area contributed by atoms with E-state index in [2.05, 4.69) is 15.5 Å². The number of piperidine rings is 1. The molecule has 2 unspecified atom stereocenters. The summed E-state index contributed by atoms with van der Waals surface area (Å²) in [6.45, 7) is 0. The van der Waals surface area contributed by atoms with E-state index >= 15 is 0 Å². The lowest BCUT2D eigenvalue weighted by molar-refractivity contribution is 0.124. The van der Waals surface area contributed by atoms with Crippen molar-refractivity contribution in [3.05, 3.63) is 24.5 Å². The molecule has 4 rings (SSSR count). The number of ether oxygens (including phenoxy) is 3. The lowest BCUT2D eigenvalue weighted by atomic mass is 9.98. The number of nitrogens with zero attached hydrogens (tertiary/aromatic N) is 4. The second kappa shape index (κ2) is 7.57. The number of anilines is 1. The molecule has 1 N–H and O–H groups in total. The Morgan fingerprint density at radius 3 is 2.04 bits per heavy atom. The third-order valence-corrected chi connectivity index (χ3v) is 5.62. The molecule has 150 valence electrons. The second-order valence-corrected chi connectivity index (χ2v) is 7.11. The average molecular weight is 387 g/mol. The maximum absolute atomic E-state index is 13.0. The van der Waals surface area contributed by atoms with Crippen molar-refractivity contribution in [3.8, 4) is 17.2 Å². The highest BCUT2D eigenvalue weighted by Crippen LogP contribution is 2.42. The number of rotatable bonds is 5. The van der Waals surface area contributed by atoms with E-state index in [1.165, 1.54) is 0 Å². The lowest BCUT2D eigenvalue weighted by Gasteiger charge is -2.38. The van der Waals surface area contributed by atoms with E-state index in [9.17, 15) is 4.79 Å². The van der Waals surface area contributed by atoms with E-state index in [4.69, 9.17) is 14.2 Å². The van der Waals surface area contributed by atoms with Gasteiger partial charge in [-0.1, -0.05) is 0 Å². The topological polar surface area (TPSA) is 90.7 Å². The first-order valence-electron chi connectivity index (χ1n) is 9.39. The monoisotopic (exact) mass is 387 g/mol. The van der Waals surface area contributed by atoms with E-state index in [0.29, 0.717) is 22.9 Å². The number of carbonyl (C=O) groups is 1. The molecular formula is C19H25N5O4. The van der Waals surface area contributed by atoms with Crippen molar-refractivity contribution in [1.82, 2.24) is 19.9 Å². The molecule has 3 heterocycles. The van der Waals surface area contributed by atoms with Gasteiger partial charge < -0.3 is 24.4 Å². The molecule has 2 fully saturated rings. The zero-order chi connectivity index (χ0) is 19.7. The summed E-state index contributed by atoms with van der Waals surface area (Å²) in [6, 6.07) is 4.00. The Hall–Kier alpha value is -2.97. The van der Waals surface area contributed by atoms with Crippen molar-refractivity contribution >= 4 is 11.7 Å². The van der Waals surface area contributed by atoms with Crippen LogP contribution in [0.25, 0.3) is 0 Å². The molecule has 0 radical (unpaired) electrons. The van der Waals surface area contributed by atoms with E-state index in [0.717, 1.165) is 25.7 Å². The van der Waals surface area contributed by atoms with Gasteiger partial charge in [0.2, 0.25) is 5.75 Å². The number of urea groups is 1. The van der Waals surface area contributed by atoms with Gasteiger partial charge in [0.1, 0.15) is 0 Å². The Morgan fingerprint density at radius 2 is 1.54 bits per heavy atom. The van der Waals surface area contributed by atoms with Gasteiger partial charge in [-0.3, -0.25) is 0 Å². The van der Waals surface area contributed by atoms with Gasteiger partial charge in [0, 0.05) is 24.2 Å². The fourth-order valence-corrected chi connectivity index (χ4v) is 4.42. The highest BCUT2D eigenvalue weighted by atomic mass is 16.5. The van der Waals surface area contributed by atoms with Crippen LogP contribution in [0.5, 0.6) is 17.2 Å². The van der Waals surface area contributed by atoms with Crippen molar-refractivity contribution in [2.24, 2.45) is 0 Å². The summed E-state index contributed by atoms with van der Waals surface area (Å²) in [5.41, 5.74) is 0.606. The first kappa shape index (κ1) is 18.4. The van der Waals surface area contributed by atoms with Crippen molar-refractivity contribution in [2.75, 3.05) is 26.6 Å². The van der Waals surface area contributed by atoms with Crippen LogP contribution in [0, 0.1) is 0 Å². The molecule has 0 aliphatic carbocycles. The molecule has 2 bridgehead atoms. The first-order chi connectivity index (χ1) is 13.6. The highest BCUT2D eigenvalue weighted by Gasteiger charge is 2.44. The zero-order valence-electron chi connectivity index (χ0n) is 16.3. The molecule has 0 saturated carbocycles. The minimum atomic E-state index is -0.103.